The third-order valence-corrected chi connectivity index (χ3v) is 6.11. The van der Waals surface area contributed by atoms with Gasteiger partial charge in [0.1, 0.15) is 0 Å². The Kier molecular flexibility index (Phi) is 7.20. The lowest BCUT2D eigenvalue weighted by Crippen LogP contribution is -2.36. The third-order valence-electron chi connectivity index (χ3n) is 5.20. The lowest BCUT2D eigenvalue weighted by atomic mass is 10.0. The highest BCUT2D eigenvalue weighted by atomic mass is 32.1. The normalized spacial score (nSPS) is 15.1. The number of amides is 2. The fourth-order valence-corrected chi connectivity index (χ4v) is 4.57. The molecule has 2 amide bonds. The zero-order chi connectivity index (χ0) is 19.9. The molecule has 2 aromatic rings. The summed E-state index contributed by atoms with van der Waals surface area (Å²) in [6.07, 6.45) is 4.67. The average Bonchev–Trinajstić information content (AvgIpc) is 3.34. The van der Waals surface area contributed by atoms with Crippen LogP contribution in [-0.2, 0) is 16.0 Å². The molecule has 1 atom stereocenters. The fraction of sp³-hybridized carbons (Fsp3) is 0.500. The van der Waals surface area contributed by atoms with Gasteiger partial charge in [-0.25, -0.2) is 4.98 Å². The number of aromatic nitrogens is 1. The maximum atomic E-state index is 13.2. The Hall–Kier alpha value is -2.21. The first-order valence-electron chi connectivity index (χ1n) is 10.2. The van der Waals surface area contributed by atoms with E-state index in [1.54, 1.807) is 4.90 Å². The highest BCUT2D eigenvalue weighted by Crippen LogP contribution is 2.28. The summed E-state index contributed by atoms with van der Waals surface area (Å²) in [6, 6.07) is 10.3. The van der Waals surface area contributed by atoms with Gasteiger partial charge in [-0.2, -0.15) is 0 Å². The largest absolute Gasteiger partial charge is 0.335 e. The van der Waals surface area contributed by atoms with Crippen LogP contribution < -0.4 is 4.90 Å². The number of thiazole rings is 1. The molecule has 0 spiro atoms. The van der Waals surface area contributed by atoms with Gasteiger partial charge in [-0.05, 0) is 24.8 Å². The monoisotopic (exact) mass is 399 g/mol. The van der Waals surface area contributed by atoms with Gasteiger partial charge in [0.25, 0.3) is 0 Å². The summed E-state index contributed by atoms with van der Waals surface area (Å²) in [5.41, 5.74) is 1.94. The zero-order valence-corrected chi connectivity index (χ0v) is 17.6. The molecule has 1 fully saturated rings. The van der Waals surface area contributed by atoms with Gasteiger partial charge in [0, 0.05) is 24.9 Å². The first-order chi connectivity index (χ1) is 13.6. The second-order valence-corrected chi connectivity index (χ2v) is 8.06. The summed E-state index contributed by atoms with van der Waals surface area (Å²) in [4.78, 5) is 33.5. The Morgan fingerprint density at radius 3 is 2.71 bits per heavy atom. The molecule has 3 rings (SSSR count). The molecule has 6 heteroatoms. The predicted molar refractivity (Wildman–Crippen MR) is 114 cm³/mol. The maximum Gasteiger partial charge on any atom is 0.229 e. The predicted octanol–water partition coefficient (Wildman–Crippen LogP) is 4.59. The van der Waals surface area contributed by atoms with Crippen LogP contribution in [0.4, 0.5) is 5.13 Å². The van der Waals surface area contributed by atoms with Crippen LogP contribution in [0.2, 0.25) is 0 Å². The van der Waals surface area contributed by atoms with E-state index in [4.69, 9.17) is 0 Å². The molecule has 1 aliphatic rings. The van der Waals surface area contributed by atoms with E-state index < -0.39 is 0 Å². The molecule has 0 N–H and O–H groups in total. The third kappa shape index (κ3) is 4.79. The lowest BCUT2D eigenvalue weighted by Gasteiger charge is -2.31. The van der Waals surface area contributed by atoms with Gasteiger partial charge in [0.15, 0.2) is 5.13 Å². The lowest BCUT2D eigenvalue weighted by molar-refractivity contribution is -0.133. The molecule has 1 aromatic carbocycles. The quantitative estimate of drug-likeness (QED) is 0.620. The average molecular weight is 400 g/mol. The second kappa shape index (κ2) is 9.82. The van der Waals surface area contributed by atoms with Crippen molar-refractivity contribution in [3.63, 3.8) is 0 Å². The van der Waals surface area contributed by atoms with Gasteiger partial charge >= 0.3 is 0 Å². The van der Waals surface area contributed by atoms with E-state index in [9.17, 15) is 9.59 Å². The van der Waals surface area contributed by atoms with Crippen molar-refractivity contribution in [3.05, 3.63) is 47.0 Å². The molecule has 1 aliphatic heterocycles. The summed E-state index contributed by atoms with van der Waals surface area (Å²) in [5.74, 6) is 0.237. The first kappa shape index (κ1) is 20.5. The molecular weight excluding hydrogens is 370 g/mol. The number of hydrogen-bond donors (Lipinski definition) is 0. The summed E-state index contributed by atoms with van der Waals surface area (Å²) in [6.45, 7) is 5.76. The SMILES string of the molecule is CCCCN(C(=O)Cc1csc(N2CCCC2=O)n1)[C@@H](CC)c1ccccc1. The van der Waals surface area contributed by atoms with Crippen LogP contribution in [0.1, 0.15) is 63.3 Å². The second-order valence-electron chi connectivity index (χ2n) is 7.22. The van der Waals surface area contributed by atoms with Crippen molar-refractivity contribution in [2.45, 2.75) is 58.4 Å². The number of benzene rings is 1. The molecule has 0 unspecified atom stereocenters. The molecule has 2 heterocycles. The number of unbranched alkanes of at least 4 members (excludes halogenated alkanes) is 1. The van der Waals surface area contributed by atoms with E-state index in [-0.39, 0.29) is 24.3 Å². The van der Waals surface area contributed by atoms with Crippen LogP contribution in [-0.4, -0.2) is 34.8 Å². The van der Waals surface area contributed by atoms with E-state index in [1.807, 2.05) is 28.5 Å². The summed E-state index contributed by atoms with van der Waals surface area (Å²) in [5, 5.41) is 2.64. The first-order valence-corrected chi connectivity index (χ1v) is 11.1. The van der Waals surface area contributed by atoms with Gasteiger partial charge in [-0.15, -0.1) is 11.3 Å². The minimum Gasteiger partial charge on any atom is -0.335 e. The maximum absolute atomic E-state index is 13.2. The van der Waals surface area contributed by atoms with Gasteiger partial charge in [0.05, 0.1) is 18.2 Å². The Morgan fingerprint density at radius 1 is 1.29 bits per heavy atom. The number of hydrogen-bond acceptors (Lipinski definition) is 4. The number of rotatable bonds is 9. The standard InChI is InChI=1S/C22H29N3O2S/c1-3-5-13-24(19(4-2)17-10-7-6-8-11-17)21(27)15-18-16-28-22(23-18)25-14-9-12-20(25)26/h6-8,10-11,16,19H,3-5,9,12-15H2,1-2H3/t19-/m0/s1. The number of nitrogens with zero attached hydrogens (tertiary/aromatic N) is 3. The number of carbonyl (C=O) groups is 2. The van der Waals surface area contributed by atoms with Gasteiger partial charge < -0.3 is 4.90 Å². The highest BCUT2D eigenvalue weighted by Gasteiger charge is 2.26. The summed E-state index contributed by atoms with van der Waals surface area (Å²) >= 11 is 1.46. The van der Waals surface area contributed by atoms with Crippen LogP contribution >= 0.6 is 11.3 Å². The van der Waals surface area contributed by atoms with E-state index in [2.05, 4.69) is 31.0 Å². The van der Waals surface area contributed by atoms with Crippen LogP contribution in [0.15, 0.2) is 35.7 Å². The summed E-state index contributed by atoms with van der Waals surface area (Å²) < 4.78 is 0. The van der Waals surface area contributed by atoms with Gasteiger partial charge in [0.2, 0.25) is 11.8 Å². The van der Waals surface area contributed by atoms with Crippen LogP contribution in [0, 0.1) is 0 Å². The van der Waals surface area contributed by atoms with E-state index in [0.29, 0.717) is 6.42 Å². The van der Waals surface area contributed by atoms with Gasteiger partial charge in [-0.3, -0.25) is 14.5 Å². The Morgan fingerprint density at radius 2 is 2.07 bits per heavy atom. The molecule has 0 bridgehead atoms. The van der Waals surface area contributed by atoms with Crippen molar-refractivity contribution in [1.82, 2.24) is 9.88 Å². The molecule has 0 saturated carbocycles. The van der Waals surface area contributed by atoms with E-state index in [1.165, 1.54) is 16.9 Å². The number of anilines is 1. The summed E-state index contributed by atoms with van der Waals surface area (Å²) in [7, 11) is 0. The van der Waals surface area contributed by atoms with Gasteiger partial charge in [-0.1, -0.05) is 50.6 Å². The Labute approximate surface area is 171 Å². The van der Waals surface area contributed by atoms with E-state index in [0.717, 1.165) is 49.6 Å². The smallest absolute Gasteiger partial charge is 0.229 e. The molecule has 0 radical (unpaired) electrons. The van der Waals surface area contributed by atoms with Crippen molar-refractivity contribution in [3.8, 4) is 0 Å². The Bertz CT molecular complexity index is 790. The molecular formula is C22H29N3O2S. The fourth-order valence-electron chi connectivity index (χ4n) is 3.70. The number of carbonyl (C=O) groups excluding carboxylic acids is 2. The molecule has 5 nitrogen and oxygen atoms in total. The van der Waals surface area contributed by atoms with Crippen LogP contribution in [0.5, 0.6) is 0 Å². The van der Waals surface area contributed by atoms with Crippen molar-refractivity contribution < 1.29 is 9.59 Å². The zero-order valence-electron chi connectivity index (χ0n) is 16.8. The van der Waals surface area contributed by atoms with Crippen molar-refractivity contribution >= 4 is 28.3 Å². The molecule has 1 saturated heterocycles. The molecule has 28 heavy (non-hydrogen) atoms. The van der Waals surface area contributed by atoms with Crippen molar-refractivity contribution in [2.75, 3.05) is 18.0 Å². The molecule has 150 valence electrons. The topological polar surface area (TPSA) is 53.5 Å². The van der Waals surface area contributed by atoms with Crippen molar-refractivity contribution in [2.24, 2.45) is 0 Å². The minimum absolute atomic E-state index is 0.0820. The van der Waals surface area contributed by atoms with Crippen LogP contribution in [0.25, 0.3) is 0 Å². The Balaban J connectivity index is 1.74. The minimum atomic E-state index is 0.0820. The van der Waals surface area contributed by atoms with Crippen molar-refractivity contribution in [1.29, 1.82) is 0 Å². The highest BCUT2D eigenvalue weighted by molar-refractivity contribution is 7.14. The molecule has 1 aromatic heterocycles. The van der Waals surface area contributed by atoms with E-state index >= 15 is 0 Å². The molecule has 0 aliphatic carbocycles. The van der Waals surface area contributed by atoms with Crippen LogP contribution in [0.3, 0.4) is 0 Å².